The summed E-state index contributed by atoms with van der Waals surface area (Å²) in [4.78, 5) is 26.3. The Morgan fingerprint density at radius 1 is 1.04 bits per heavy atom. The van der Waals surface area contributed by atoms with Gasteiger partial charge in [-0.05, 0) is 55.5 Å². The largest absolute Gasteiger partial charge is 0.339 e. The molecule has 1 fully saturated rings. The van der Waals surface area contributed by atoms with E-state index < -0.39 is 0 Å². The maximum absolute atomic E-state index is 13.1. The quantitative estimate of drug-likeness (QED) is 0.879. The summed E-state index contributed by atoms with van der Waals surface area (Å²) in [5, 5.41) is 2.73. The molecular formula is C21H23FN2O2. The smallest absolute Gasteiger partial charge is 0.253 e. The number of hydrogen-bond donors (Lipinski definition) is 1. The molecule has 2 aromatic carbocycles. The molecule has 1 heterocycles. The highest BCUT2D eigenvalue weighted by atomic mass is 19.1. The van der Waals surface area contributed by atoms with Crippen LogP contribution < -0.4 is 5.32 Å². The minimum atomic E-state index is -0.363. The van der Waals surface area contributed by atoms with Crippen molar-refractivity contribution in [1.82, 2.24) is 4.90 Å². The second-order valence-electron chi connectivity index (χ2n) is 6.70. The molecule has 0 saturated carbocycles. The fourth-order valence-electron chi connectivity index (χ4n) is 3.31. The molecule has 5 heteroatoms. The molecule has 0 radical (unpaired) electrons. The summed E-state index contributed by atoms with van der Waals surface area (Å²) in [6, 6.07) is 15.2. The van der Waals surface area contributed by atoms with Gasteiger partial charge in [-0.3, -0.25) is 9.59 Å². The molecule has 1 saturated heterocycles. The Morgan fingerprint density at radius 3 is 2.46 bits per heavy atom. The van der Waals surface area contributed by atoms with Gasteiger partial charge in [0.15, 0.2) is 0 Å². The molecule has 0 atom stereocenters. The molecule has 1 aliphatic rings. The predicted molar refractivity (Wildman–Crippen MR) is 99.3 cm³/mol. The van der Waals surface area contributed by atoms with Crippen LogP contribution in [0.25, 0.3) is 0 Å². The summed E-state index contributed by atoms with van der Waals surface area (Å²) in [7, 11) is 0. The van der Waals surface area contributed by atoms with Crippen molar-refractivity contribution < 1.29 is 14.0 Å². The molecule has 0 aliphatic carbocycles. The van der Waals surface area contributed by atoms with Crippen LogP contribution in [-0.2, 0) is 4.79 Å². The van der Waals surface area contributed by atoms with Gasteiger partial charge in [-0.15, -0.1) is 0 Å². The van der Waals surface area contributed by atoms with Crippen molar-refractivity contribution in [3.05, 3.63) is 66.0 Å². The van der Waals surface area contributed by atoms with Gasteiger partial charge in [0, 0.05) is 30.8 Å². The van der Waals surface area contributed by atoms with Crippen LogP contribution in [0.4, 0.5) is 10.1 Å². The second kappa shape index (κ2) is 8.61. The van der Waals surface area contributed by atoms with Crippen LogP contribution in [0, 0.1) is 11.7 Å². The van der Waals surface area contributed by atoms with Crippen molar-refractivity contribution in [3.63, 3.8) is 0 Å². The topological polar surface area (TPSA) is 49.4 Å². The fourth-order valence-corrected chi connectivity index (χ4v) is 3.31. The first-order valence-electron chi connectivity index (χ1n) is 9.01. The van der Waals surface area contributed by atoms with E-state index in [2.05, 4.69) is 5.32 Å². The van der Waals surface area contributed by atoms with Crippen LogP contribution in [0.15, 0.2) is 54.6 Å². The summed E-state index contributed by atoms with van der Waals surface area (Å²) in [5.41, 5.74) is 1.21. The van der Waals surface area contributed by atoms with E-state index in [1.54, 1.807) is 12.1 Å². The highest BCUT2D eigenvalue weighted by Gasteiger charge is 2.23. The number of piperidine rings is 1. The van der Waals surface area contributed by atoms with E-state index in [0.29, 0.717) is 18.0 Å². The first kappa shape index (κ1) is 18.1. The van der Waals surface area contributed by atoms with E-state index >= 15 is 0 Å². The first-order valence-corrected chi connectivity index (χ1v) is 9.01. The minimum absolute atomic E-state index is 0.0768. The van der Waals surface area contributed by atoms with E-state index in [0.717, 1.165) is 37.9 Å². The summed E-state index contributed by atoms with van der Waals surface area (Å²) < 4.78 is 13.1. The van der Waals surface area contributed by atoms with Crippen LogP contribution in [0.2, 0.25) is 0 Å². The van der Waals surface area contributed by atoms with Crippen LogP contribution >= 0.6 is 0 Å². The normalized spacial score (nSPS) is 14.9. The number of rotatable bonds is 5. The Balaban J connectivity index is 1.41. The fraction of sp³-hybridized carbons (Fsp3) is 0.333. The standard InChI is InChI=1S/C21H23FN2O2/c22-18-7-4-8-19(15-18)23-20(25)10-9-16-11-13-24(14-12-16)21(26)17-5-2-1-3-6-17/h1-8,15-16H,9-14H2,(H,23,25). The maximum Gasteiger partial charge on any atom is 0.253 e. The van der Waals surface area contributed by atoms with E-state index in [9.17, 15) is 14.0 Å². The SMILES string of the molecule is O=C(CCC1CCN(C(=O)c2ccccc2)CC1)Nc1cccc(F)c1. The highest BCUT2D eigenvalue weighted by Crippen LogP contribution is 2.23. The lowest BCUT2D eigenvalue weighted by Gasteiger charge is -2.32. The number of nitrogens with one attached hydrogen (secondary N) is 1. The number of likely N-dealkylation sites (tertiary alicyclic amines) is 1. The summed E-state index contributed by atoms with van der Waals surface area (Å²) >= 11 is 0. The van der Waals surface area contributed by atoms with E-state index in [1.807, 2.05) is 35.2 Å². The molecule has 1 N–H and O–H groups in total. The molecule has 2 aromatic rings. The number of benzene rings is 2. The number of anilines is 1. The zero-order chi connectivity index (χ0) is 18.4. The predicted octanol–water partition coefficient (Wildman–Crippen LogP) is 4.10. The van der Waals surface area contributed by atoms with E-state index in [4.69, 9.17) is 0 Å². The summed E-state index contributed by atoms with van der Waals surface area (Å²) in [5.74, 6) is 0.0534. The van der Waals surface area contributed by atoms with E-state index in [1.165, 1.54) is 12.1 Å². The lowest BCUT2D eigenvalue weighted by atomic mass is 9.91. The average molecular weight is 354 g/mol. The van der Waals surface area contributed by atoms with Gasteiger partial charge in [0.2, 0.25) is 5.91 Å². The van der Waals surface area contributed by atoms with Gasteiger partial charge in [-0.25, -0.2) is 4.39 Å². The second-order valence-corrected chi connectivity index (χ2v) is 6.70. The summed E-state index contributed by atoms with van der Waals surface area (Å²) in [6.45, 7) is 1.45. The zero-order valence-electron chi connectivity index (χ0n) is 14.7. The van der Waals surface area contributed by atoms with Gasteiger partial charge >= 0.3 is 0 Å². The maximum atomic E-state index is 13.1. The third-order valence-corrected chi connectivity index (χ3v) is 4.81. The summed E-state index contributed by atoms with van der Waals surface area (Å²) in [6.07, 6.45) is 3.01. The van der Waals surface area contributed by atoms with Gasteiger partial charge in [-0.1, -0.05) is 24.3 Å². The number of carbonyl (C=O) groups is 2. The molecule has 0 bridgehead atoms. The number of carbonyl (C=O) groups excluding carboxylic acids is 2. The van der Waals surface area contributed by atoms with Crippen molar-refractivity contribution in [1.29, 1.82) is 0 Å². The van der Waals surface area contributed by atoms with Gasteiger partial charge < -0.3 is 10.2 Å². The molecule has 4 nitrogen and oxygen atoms in total. The van der Waals surface area contributed by atoms with Crippen molar-refractivity contribution in [2.75, 3.05) is 18.4 Å². The Morgan fingerprint density at radius 2 is 1.77 bits per heavy atom. The number of amides is 2. The number of nitrogens with zero attached hydrogens (tertiary/aromatic N) is 1. The molecule has 136 valence electrons. The van der Waals surface area contributed by atoms with Gasteiger partial charge in [0.25, 0.3) is 5.91 Å². The Hall–Kier alpha value is -2.69. The van der Waals surface area contributed by atoms with Crippen LogP contribution in [0.5, 0.6) is 0 Å². The lowest BCUT2D eigenvalue weighted by Crippen LogP contribution is -2.38. The molecule has 0 unspecified atom stereocenters. The molecular weight excluding hydrogens is 331 g/mol. The molecule has 3 rings (SSSR count). The lowest BCUT2D eigenvalue weighted by molar-refractivity contribution is -0.116. The van der Waals surface area contributed by atoms with Crippen molar-refractivity contribution in [2.24, 2.45) is 5.92 Å². The van der Waals surface area contributed by atoms with Crippen molar-refractivity contribution in [2.45, 2.75) is 25.7 Å². The molecule has 2 amide bonds. The monoisotopic (exact) mass is 354 g/mol. The van der Waals surface area contributed by atoms with Gasteiger partial charge in [0.05, 0.1) is 0 Å². The minimum Gasteiger partial charge on any atom is -0.339 e. The third-order valence-electron chi connectivity index (χ3n) is 4.81. The van der Waals surface area contributed by atoms with Crippen LogP contribution in [0.1, 0.15) is 36.0 Å². The van der Waals surface area contributed by atoms with Gasteiger partial charge in [-0.2, -0.15) is 0 Å². The van der Waals surface area contributed by atoms with Crippen molar-refractivity contribution in [3.8, 4) is 0 Å². The first-order chi connectivity index (χ1) is 12.6. The number of hydrogen-bond acceptors (Lipinski definition) is 2. The molecule has 26 heavy (non-hydrogen) atoms. The molecule has 1 aliphatic heterocycles. The Kier molecular flexibility index (Phi) is 6.00. The third kappa shape index (κ3) is 4.91. The van der Waals surface area contributed by atoms with Crippen LogP contribution in [0.3, 0.4) is 0 Å². The Labute approximate surface area is 153 Å². The van der Waals surface area contributed by atoms with E-state index in [-0.39, 0.29) is 17.6 Å². The average Bonchev–Trinajstić information content (AvgIpc) is 2.67. The highest BCUT2D eigenvalue weighted by molar-refractivity contribution is 5.94. The van der Waals surface area contributed by atoms with Gasteiger partial charge in [0.1, 0.15) is 5.82 Å². The van der Waals surface area contributed by atoms with Crippen LogP contribution in [-0.4, -0.2) is 29.8 Å². The molecule has 0 spiro atoms. The Bertz CT molecular complexity index is 756. The number of halogens is 1. The van der Waals surface area contributed by atoms with Crippen molar-refractivity contribution >= 4 is 17.5 Å². The molecule has 0 aromatic heterocycles. The zero-order valence-corrected chi connectivity index (χ0v) is 14.7.